The molecule has 2 heterocycles. The van der Waals surface area contributed by atoms with Crippen LogP contribution >= 0.6 is 0 Å². The van der Waals surface area contributed by atoms with Gasteiger partial charge in [-0.1, -0.05) is 0 Å². The van der Waals surface area contributed by atoms with Gasteiger partial charge in [-0.05, 0) is 32.6 Å². The van der Waals surface area contributed by atoms with Crippen LogP contribution in [0.2, 0.25) is 0 Å². The maximum atomic E-state index is 12.1. The highest BCUT2D eigenvalue weighted by molar-refractivity contribution is 6.05. The van der Waals surface area contributed by atoms with Crippen molar-refractivity contribution in [1.29, 1.82) is 0 Å². The fraction of sp³-hybridized carbons (Fsp3) is 0.833. The number of hydrogen-bond donors (Lipinski definition) is 0. The maximum Gasteiger partial charge on any atom is 0.327 e. The molecule has 3 aliphatic rings. The molecule has 3 rings (SSSR count). The summed E-state index contributed by atoms with van der Waals surface area (Å²) in [6.45, 7) is 4.20. The molecular formula is C12H16O5. The van der Waals surface area contributed by atoms with Gasteiger partial charge in [-0.25, -0.2) is 0 Å². The molecule has 94 valence electrons. The number of cyclic esters (lactones) is 1. The average molecular weight is 240 g/mol. The summed E-state index contributed by atoms with van der Waals surface area (Å²) in [6.07, 6.45) is 1.36. The van der Waals surface area contributed by atoms with Gasteiger partial charge < -0.3 is 14.2 Å². The summed E-state index contributed by atoms with van der Waals surface area (Å²) in [5.74, 6) is -0.804. The first-order chi connectivity index (χ1) is 7.92. The first kappa shape index (κ1) is 11.0. The summed E-state index contributed by atoms with van der Waals surface area (Å²) in [4.78, 5) is 24.1. The number of ether oxygens (including phenoxy) is 3. The number of carbonyl (C=O) groups excluding carboxylic acids is 2. The standard InChI is InChI=1S/C12H16O5/c1-10(2)12-7(4-5-16-12)6-11(12,8(13)15-3)9(14)17-10/h7H,4-6H2,1-3H3/t7-,11-,12+/m1/s1. The molecule has 3 atom stereocenters. The van der Waals surface area contributed by atoms with E-state index in [9.17, 15) is 9.59 Å². The minimum absolute atomic E-state index is 0.211. The van der Waals surface area contributed by atoms with Crippen molar-refractivity contribution in [3.63, 3.8) is 0 Å². The molecule has 5 heteroatoms. The van der Waals surface area contributed by atoms with Crippen LogP contribution in [0.3, 0.4) is 0 Å². The Bertz CT molecular complexity index is 415. The molecule has 5 nitrogen and oxygen atoms in total. The van der Waals surface area contributed by atoms with Crippen LogP contribution in [-0.4, -0.2) is 36.9 Å². The summed E-state index contributed by atoms with van der Waals surface area (Å²) < 4.78 is 16.0. The Hall–Kier alpha value is -1.10. The van der Waals surface area contributed by atoms with Crippen LogP contribution in [0.1, 0.15) is 26.7 Å². The third-order valence-electron chi connectivity index (χ3n) is 4.68. The summed E-state index contributed by atoms with van der Waals surface area (Å²) in [7, 11) is 1.30. The third kappa shape index (κ3) is 0.853. The molecule has 2 saturated heterocycles. The van der Waals surface area contributed by atoms with Gasteiger partial charge in [0.05, 0.1) is 7.11 Å². The molecule has 1 spiro atoms. The third-order valence-corrected chi connectivity index (χ3v) is 4.68. The van der Waals surface area contributed by atoms with Crippen LogP contribution in [0.5, 0.6) is 0 Å². The zero-order valence-corrected chi connectivity index (χ0v) is 10.2. The monoisotopic (exact) mass is 240 g/mol. The molecule has 0 aromatic heterocycles. The highest BCUT2D eigenvalue weighted by Crippen LogP contribution is 2.70. The molecule has 0 bridgehead atoms. The van der Waals surface area contributed by atoms with Crippen molar-refractivity contribution in [1.82, 2.24) is 0 Å². The van der Waals surface area contributed by atoms with Crippen LogP contribution in [-0.2, 0) is 23.8 Å². The van der Waals surface area contributed by atoms with Gasteiger partial charge >= 0.3 is 11.9 Å². The second-order valence-electron chi connectivity index (χ2n) is 5.57. The van der Waals surface area contributed by atoms with Crippen molar-refractivity contribution in [2.24, 2.45) is 11.3 Å². The first-order valence-corrected chi connectivity index (χ1v) is 5.88. The lowest BCUT2D eigenvalue weighted by molar-refractivity contribution is -0.226. The Labute approximate surface area is 99.4 Å². The molecule has 1 saturated carbocycles. The van der Waals surface area contributed by atoms with E-state index < -0.39 is 28.6 Å². The number of hydrogen-bond acceptors (Lipinski definition) is 5. The van der Waals surface area contributed by atoms with E-state index in [0.717, 1.165) is 6.42 Å². The molecule has 1 aliphatic carbocycles. The Balaban J connectivity index is 2.16. The van der Waals surface area contributed by atoms with Crippen LogP contribution in [0.4, 0.5) is 0 Å². The van der Waals surface area contributed by atoms with E-state index in [1.807, 2.05) is 13.8 Å². The second kappa shape index (κ2) is 2.83. The Kier molecular flexibility index (Phi) is 1.83. The van der Waals surface area contributed by atoms with Crippen molar-refractivity contribution < 1.29 is 23.8 Å². The van der Waals surface area contributed by atoms with Crippen LogP contribution in [0, 0.1) is 11.3 Å². The predicted octanol–water partition coefficient (Wildman–Crippen LogP) is 0.660. The SMILES string of the molecule is COC(=O)[C@@]12C[C@H]3CCO[C@]31C(C)(C)OC2=O. The highest BCUT2D eigenvalue weighted by atomic mass is 16.6. The minimum atomic E-state index is -1.23. The highest BCUT2D eigenvalue weighted by Gasteiger charge is 2.87. The lowest BCUT2D eigenvalue weighted by atomic mass is 9.47. The van der Waals surface area contributed by atoms with Gasteiger partial charge in [-0.3, -0.25) is 9.59 Å². The molecule has 2 aliphatic heterocycles. The van der Waals surface area contributed by atoms with Crippen LogP contribution in [0.15, 0.2) is 0 Å². The Morgan fingerprint density at radius 3 is 2.76 bits per heavy atom. The van der Waals surface area contributed by atoms with Crippen molar-refractivity contribution in [2.45, 2.75) is 37.9 Å². The summed E-state index contributed by atoms with van der Waals surface area (Å²) in [5, 5.41) is 0. The van der Waals surface area contributed by atoms with Gasteiger partial charge in [0, 0.05) is 6.61 Å². The topological polar surface area (TPSA) is 61.8 Å². The van der Waals surface area contributed by atoms with Gasteiger partial charge in [-0.15, -0.1) is 0 Å². The van der Waals surface area contributed by atoms with Crippen molar-refractivity contribution in [3.8, 4) is 0 Å². The van der Waals surface area contributed by atoms with E-state index in [0.29, 0.717) is 13.0 Å². The van der Waals surface area contributed by atoms with E-state index in [-0.39, 0.29) is 5.92 Å². The minimum Gasteiger partial charge on any atom is -0.468 e. The number of rotatable bonds is 1. The molecule has 17 heavy (non-hydrogen) atoms. The molecule has 0 amide bonds. The predicted molar refractivity (Wildman–Crippen MR) is 56.0 cm³/mol. The van der Waals surface area contributed by atoms with E-state index in [4.69, 9.17) is 14.2 Å². The van der Waals surface area contributed by atoms with Crippen molar-refractivity contribution in [3.05, 3.63) is 0 Å². The largest absolute Gasteiger partial charge is 0.468 e. The lowest BCUT2D eigenvalue weighted by Crippen LogP contribution is -2.71. The second-order valence-corrected chi connectivity index (χ2v) is 5.57. The zero-order valence-electron chi connectivity index (χ0n) is 10.2. The summed E-state index contributed by atoms with van der Waals surface area (Å²) in [6, 6.07) is 0. The van der Waals surface area contributed by atoms with Gasteiger partial charge in [-0.2, -0.15) is 0 Å². The lowest BCUT2D eigenvalue weighted by Gasteiger charge is -2.55. The van der Waals surface area contributed by atoms with Crippen LogP contribution in [0.25, 0.3) is 0 Å². The van der Waals surface area contributed by atoms with Gasteiger partial charge in [0.25, 0.3) is 0 Å². The smallest absolute Gasteiger partial charge is 0.327 e. The molecule has 0 radical (unpaired) electrons. The Morgan fingerprint density at radius 1 is 1.47 bits per heavy atom. The van der Waals surface area contributed by atoms with E-state index >= 15 is 0 Å². The average Bonchev–Trinajstić information content (AvgIpc) is 2.62. The van der Waals surface area contributed by atoms with E-state index in [2.05, 4.69) is 0 Å². The fourth-order valence-electron chi connectivity index (χ4n) is 4.09. The first-order valence-electron chi connectivity index (χ1n) is 5.88. The van der Waals surface area contributed by atoms with E-state index in [1.165, 1.54) is 7.11 Å². The van der Waals surface area contributed by atoms with Crippen LogP contribution < -0.4 is 0 Å². The Morgan fingerprint density at radius 2 is 2.18 bits per heavy atom. The molecule has 0 aromatic carbocycles. The normalized spacial score (nSPS) is 45.6. The molecule has 3 fully saturated rings. The fourth-order valence-corrected chi connectivity index (χ4v) is 4.09. The number of methoxy groups -OCH3 is 1. The van der Waals surface area contributed by atoms with Gasteiger partial charge in [0.2, 0.25) is 0 Å². The number of esters is 2. The number of carbonyl (C=O) groups is 2. The summed E-state index contributed by atoms with van der Waals surface area (Å²) in [5.41, 5.74) is -2.81. The van der Waals surface area contributed by atoms with Gasteiger partial charge in [0.1, 0.15) is 11.2 Å². The van der Waals surface area contributed by atoms with Crippen molar-refractivity contribution in [2.75, 3.05) is 13.7 Å². The summed E-state index contributed by atoms with van der Waals surface area (Å²) >= 11 is 0. The maximum absolute atomic E-state index is 12.1. The van der Waals surface area contributed by atoms with Gasteiger partial charge in [0.15, 0.2) is 5.41 Å². The molecule has 0 aromatic rings. The zero-order chi connectivity index (χ0) is 12.5. The quantitative estimate of drug-likeness (QED) is 0.497. The molecule has 0 N–H and O–H groups in total. The molecular weight excluding hydrogens is 224 g/mol. The molecule has 0 unspecified atom stereocenters. The van der Waals surface area contributed by atoms with Crippen molar-refractivity contribution >= 4 is 11.9 Å². The van der Waals surface area contributed by atoms with E-state index in [1.54, 1.807) is 0 Å².